The molecule has 5 heteroatoms. The molecule has 1 saturated heterocycles. The lowest BCUT2D eigenvalue weighted by Gasteiger charge is -2.23. The van der Waals surface area contributed by atoms with Crippen molar-refractivity contribution in [3.8, 4) is 11.4 Å². The number of nitrogens with one attached hydrogen (secondary N) is 3. The predicted molar refractivity (Wildman–Crippen MR) is 80.6 cm³/mol. The molecule has 1 aromatic carbocycles. The molecule has 20 heavy (non-hydrogen) atoms. The number of anilines is 1. The fraction of sp³-hybridized carbons (Fsp3) is 0.467. The highest BCUT2D eigenvalue weighted by molar-refractivity contribution is 5.62. The maximum absolute atomic E-state index is 4.37. The van der Waals surface area contributed by atoms with Gasteiger partial charge in [-0.2, -0.15) is 5.10 Å². The molecule has 1 unspecified atom stereocenters. The SMILES string of the molecule is Cc1nc(-c2cccc(NCC3CCCNC3)c2)n[nH]1. The summed E-state index contributed by atoms with van der Waals surface area (Å²) in [5.41, 5.74) is 2.18. The van der Waals surface area contributed by atoms with Crippen LogP contribution in [0.2, 0.25) is 0 Å². The van der Waals surface area contributed by atoms with Crippen LogP contribution < -0.4 is 10.6 Å². The van der Waals surface area contributed by atoms with E-state index in [2.05, 4.69) is 37.9 Å². The van der Waals surface area contributed by atoms with E-state index in [0.717, 1.165) is 48.5 Å². The van der Waals surface area contributed by atoms with Crippen LogP contribution in [-0.4, -0.2) is 34.8 Å². The molecule has 0 amide bonds. The number of benzene rings is 1. The van der Waals surface area contributed by atoms with E-state index in [1.54, 1.807) is 0 Å². The highest BCUT2D eigenvalue weighted by Crippen LogP contribution is 2.20. The first kappa shape index (κ1) is 13.1. The van der Waals surface area contributed by atoms with E-state index in [0.29, 0.717) is 0 Å². The molecule has 2 aromatic rings. The Morgan fingerprint density at radius 3 is 3.10 bits per heavy atom. The Morgan fingerprint density at radius 1 is 1.40 bits per heavy atom. The van der Waals surface area contributed by atoms with Gasteiger partial charge >= 0.3 is 0 Å². The topological polar surface area (TPSA) is 65.6 Å². The molecule has 2 heterocycles. The highest BCUT2D eigenvalue weighted by Gasteiger charge is 2.12. The van der Waals surface area contributed by atoms with Gasteiger partial charge in [0, 0.05) is 17.8 Å². The third-order valence-corrected chi connectivity index (χ3v) is 3.71. The van der Waals surface area contributed by atoms with Gasteiger partial charge in [0.25, 0.3) is 0 Å². The van der Waals surface area contributed by atoms with Crippen LogP contribution >= 0.6 is 0 Å². The van der Waals surface area contributed by atoms with Gasteiger partial charge in [-0.3, -0.25) is 5.10 Å². The molecule has 3 N–H and O–H groups in total. The highest BCUT2D eigenvalue weighted by atomic mass is 15.2. The van der Waals surface area contributed by atoms with Crippen molar-refractivity contribution in [2.24, 2.45) is 5.92 Å². The van der Waals surface area contributed by atoms with Gasteiger partial charge in [0.15, 0.2) is 5.82 Å². The zero-order valence-corrected chi connectivity index (χ0v) is 11.8. The van der Waals surface area contributed by atoms with Gasteiger partial charge in [0.05, 0.1) is 0 Å². The molecule has 3 rings (SSSR count). The Morgan fingerprint density at radius 2 is 2.35 bits per heavy atom. The van der Waals surface area contributed by atoms with Crippen molar-refractivity contribution in [3.63, 3.8) is 0 Å². The average molecular weight is 271 g/mol. The van der Waals surface area contributed by atoms with Crippen molar-refractivity contribution in [1.29, 1.82) is 0 Å². The minimum absolute atomic E-state index is 0.721. The summed E-state index contributed by atoms with van der Waals surface area (Å²) in [5, 5.41) is 14.1. The Labute approximate surface area is 119 Å². The molecule has 0 saturated carbocycles. The second-order valence-electron chi connectivity index (χ2n) is 5.42. The van der Waals surface area contributed by atoms with Crippen LogP contribution in [0.15, 0.2) is 24.3 Å². The Hall–Kier alpha value is -1.88. The van der Waals surface area contributed by atoms with Gasteiger partial charge in [-0.1, -0.05) is 12.1 Å². The molecule has 106 valence electrons. The van der Waals surface area contributed by atoms with Crippen molar-refractivity contribution in [2.75, 3.05) is 25.0 Å². The first-order chi connectivity index (χ1) is 9.81. The molecule has 1 aliphatic heterocycles. The number of hydrogen-bond donors (Lipinski definition) is 3. The second-order valence-corrected chi connectivity index (χ2v) is 5.42. The van der Waals surface area contributed by atoms with E-state index in [9.17, 15) is 0 Å². The lowest BCUT2D eigenvalue weighted by molar-refractivity contribution is 0.393. The molecule has 1 aliphatic rings. The Kier molecular flexibility index (Phi) is 3.97. The number of aryl methyl sites for hydroxylation is 1. The number of piperidine rings is 1. The number of aromatic nitrogens is 3. The molecule has 0 aliphatic carbocycles. The van der Waals surface area contributed by atoms with E-state index in [1.807, 2.05) is 19.1 Å². The lowest BCUT2D eigenvalue weighted by atomic mass is 9.99. The van der Waals surface area contributed by atoms with Crippen LogP contribution in [0.1, 0.15) is 18.7 Å². The summed E-state index contributed by atoms with van der Waals surface area (Å²) in [6.07, 6.45) is 2.59. The van der Waals surface area contributed by atoms with E-state index >= 15 is 0 Å². The maximum atomic E-state index is 4.37. The fourth-order valence-electron chi connectivity index (χ4n) is 2.60. The van der Waals surface area contributed by atoms with E-state index < -0.39 is 0 Å². The van der Waals surface area contributed by atoms with E-state index in [-0.39, 0.29) is 0 Å². The van der Waals surface area contributed by atoms with Crippen LogP contribution in [0.3, 0.4) is 0 Å². The third kappa shape index (κ3) is 3.17. The lowest BCUT2D eigenvalue weighted by Crippen LogP contribution is -2.33. The first-order valence-corrected chi connectivity index (χ1v) is 7.25. The van der Waals surface area contributed by atoms with Crippen LogP contribution in [0.25, 0.3) is 11.4 Å². The summed E-state index contributed by atoms with van der Waals surface area (Å²) >= 11 is 0. The van der Waals surface area contributed by atoms with Crippen molar-refractivity contribution >= 4 is 5.69 Å². The second kappa shape index (κ2) is 6.05. The van der Waals surface area contributed by atoms with Gasteiger partial charge in [-0.15, -0.1) is 0 Å². The molecule has 0 bridgehead atoms. The average Bonchev–Trinajstić information content (AvgIpc) is 2.93. The standard InChI is InChI=1S/C15H21N5/c1-11-18-15(20-19-11)13-5-2-6-14(8-13)17-10-12-4-3-7-16-9-12/h2,5-6,8,12,16-17H,3-4,7,9-10H2,1H3,(H,18,19,20). The van der Waals surface area contributed by atoms with Crippen molar-refractivity contribution in [3.05, 3.63) is 30.1 Å². The number of hydrogen-bond acceptors (Lipinski definition) is 4. The minimum atomic E-state index is 0.721. The van der Waals surface area contributed by atoms with E-state index in [1.165, 1.54) is 12.8 Å². The third-order valence-electron chi connectivity index (χ3n) is 3.71. The molecular formula is C15H21N5. The number of rotatable bonds is 4. The number of aromatic amines is 1. The number of nitrogens with zero attached hydrogens (tertiary/aromatic N) is 2. The summed E-state index contributed by atoms with van der Waals surface area (Å²) in [7, 11) is 0. The van der Waals surface area contributed by atoms with Gasteiger partial charge in [-0.05, 0) is 50.9 Å². The molecule has 1 fully saturated rings. The summed E-state index contributed by atoms with van der Waals surface area (Å²) in [6, 6.07) is 8.29. The smallest absolute Gasteiger partial charge is 0.181 e. The quantitative estimate of drug-likeness (QED) is 0.797. The van der Waals surface area contributed by atoms with Gasteiger partial charge < -0.3 is 10.6 Å². The largest absolute Gasteiger partial charge is 0.385 e. The zero-order chi connectivity index (χ0) is 13.8. The molecule has 1 aromatic heterocycles. The minimum Gasteiger partial charge on any atom is -0.385 e. The summed E-state index contributed by atoms with van der Waals surface area (Å²) < 4.78 is 0. The van der Waals surface area contributed by atoms with Gasteiger partial charge in [0.1, 0.15) is 5.82 Å². The summed E-state index contributed by atoms with van der Waals surface area (Å²) in [6.45, 7) is 5.21. The summed E-state index contributed by atoms with van der Waals surface area (Å²) in [5.74, 6) is 2.32. The Bertz CT molecular complexity index is 557. The molecule has 5 nitrogen and oxygen atoms in total. The zero-order valence-electron chi connectivity index (χ0n) is 11.8. The van der Waals surface area contributed by atoms with Gasteiger partial charge in [0.2, 0.25) is 0 Å². The van der Waals surface area contributed by atoms with Gasteiger partial charge in [-0.25, -0.2) is 4.98 Å². The first-order valence-electron chi connectivity index (χ1n) is 7.25. The summed E-state index contributed by atoms with van der Waals surface area (Å²) in [4.78, 5) is 4.37. The fourth-order valence-corrected chi connectivity index (χ4v) is 2.60. The molecule has 0 spiro atoms. The molecule has 0 radical (unpaired) electrons. The normalized spacial score (nSPS) is 18.9. The van der Waals surface area contributed by atoms with Crippen LogP contribution in [0, 0.1) is 12.8 Å². The molecular weight excluding hydrogens is 250 g/mol. The number of H-pyrrole nitrogens is 1. The van der Waals surface area contributed by atoms with Crippen LogP contribution in [-0.2, 0) is 0 Å². The van der Waals surface area contributed by atoms with Crippen LogP contribution in [0.5, 0.6) is 0 Å². The van der Waals surface area contributed by atoms with E-state index in [4.69, 9.17) is 0 Å². The molecule has 1 atom stereocenters. The Balaban J connectivity index is 1.65. The predicted octanol–water partition coefficient (Wildman–Crippen LogP) is 2.19. The van der Waals surface area contributed by atoms with Crippen molar-refractivity contribution in [1.82, 2.24) is 20.5 Å². The van der Waals surface area contributed by atoms with Crippen molar-refractivity contribution < 1.29 is 0 Å². The van der Waals surface area contributed by atoms with Crippen LogP contribution in [0.4, 0.5) is 5.69 Å². The maximum Gasteiger partial charge on any atom is 0.181 e. The monoisotopic (exact) mass is 271 g/mol. The van der Waals surface area contributed by atoms with Crippen molar-refractivity contribution in [2.45, 2.75) is 19.8 Å².